The second-order valence-corrected chi connectivity index (χ2v) is 8.44. The van der Waals surface area contributed by atoms with Crippen LogP contribution in [0.4, 0.5) is 0 Å². The monoisotopic (exact) mass is 467 g/mol. The van der Waals surface area contributed by atoms with Gasteiger partial charge in [-0.3, -0.25) is 19.3 Å². The van der Waals surface area contributed by atoms with Gasteiger partial charge in [0.25, 0.3) is 0 Å². The normalized spacial score (nSPS) is 18.8. The van der Waals surface area contributed by atoms with E-state index in [1.807, 2.05) is 25.8 Å². The number of amides is 3. The van der Waals surface area contributed by atoms with E-state index in [0.29, 0.717) is 38.8 Å². The van der Waals surface area contributed by atoms with E-state index >= 15 is 0 Å². The number of halogens is 2. The highest BCUT2D eigenvalue weighted by molar-refractivity contribution is 5.87. The highest BCUT2D eigenvalue weighted by atomic mass is 35.5. The van der Waals surface area contributed by atoms with Crippen LogP contribution in [0, 0.1) is 5.92 Å². The molecule has 30 heavy (non-hydrogen) atoms. The van der Waals surface area contributed by atoms with Crippen LogP contribution in [0.5, 0.6) is 0 Å². The molecule has 8 nitrogen and oxygen atoms in total. The van der Waals surface area contributed by atoms with Crippen molar-refractivity contribution in [1.82, 2.24) is 20.0 Å². The lowest BCUT2D eigenvalue weighted by atomic mass is 9.94. The summed E-state index contributed by atoms with van der Waals surface area (Å²) in [5.74, 6) is -0.197. The van der Waals surface area contributed by atoms with Crippen molar-refractivity contribution >= 4 is 42.5 Å². The molecule has 0 radical (unpaired) electrons. The Balaban J connectivity index is 0.00000420. The van der Waals surface area contributed by atoms with Crippen molar-refractivity contribution in [2.45, 2.75) is 58.0 Å². The summed E-state index contributed by atoms with van der Waals surface area (Å²) in [6.07, 6.45) is 5.91. The van der Waals surface area contributed by atoms with Crippen molar-refractivity contribution in [1.29, 1.82) is 0 Å². The molecule has 0 aromatic heterocycles. The molecule has 10 heteroatoms. The van der Waals surface area contributed by atoms with E-state index in [2.05, 4.69) is 10.2 Å². The van der Waals surface area contributed by atoms with Crippen LogP contribution in [-0.4, -0.2) is 90.8 Å². The summed E-state index contributed by atoms with van der Waals surface area (Å²) in [6, 6.07) is -0.221. The minimum absolute atomic E-state index is 0. The van der Waals surface area contributed by atoms with Gasteiger partial charge in [0.05, 0.1) is 19.1 Å². The van der Waals surface area contributed by atoms with Crippen LogP contribution >= 0.6 is 24.8 Å². The van der Waals surface area contributed by atoms with Gasteiger partial charge in [0.1, 0.15) is 0 Å². The van der Waals surface area contributed by atoms with Gasteiger partial charge in [0.15, 0.2) is 0 Å². The fourth-order valence-corrected chi connectivity index (χ4v) is 3.83. The number of nitrogens with two attached hydrogens (primary N) is 1. The second kappa shape index (κ2) is 14.1. The molecule has 0 aromatic carbocycles. The summed E-state index contributed by atoms with van der Waals surface area (Å²) in [4.78, 5) is 42.5. The highest BCUT2D eigenvalue weighted by Gasteiger charge is 2.27. The molecule has 176 valence electrons. The van der Waals surface area contributed by atoms with Gasteiger partial charge in [0.2, 0.25) is 17.7 Å². The Labute approximate surface area is 193 Å². The van der Waals surface area contributed by atoms with Crippen molar-refractivity contribution in [2.24, 2.45) is 11.7 Å². The second-order valence-electron chi connectivity index (χ2n) is 8.44. The topological polar surface area (TPSA) is 99.0 Å². The quantitative estimate of drug-likeness (QED) is 0.578. The van der Waals surface area contributed by atoms with Gasteiger partial charge in [-0.2, -0.15) is 0 Å². The molecule has 1 saturated heterocycles. The van der Waals surface area contributed by atoms with Crippen LogP contribution in [0.15, 0.2) is 0 Å². The van der Waals surface area contributed by atoms with Crippen molar-refractivity contribution in [2.75, 3.05) is 46.3 Å². The Morgan fingerprint density at radius 1 is 1.03 bits per heavy atom. The Bertz CT molecular complexity index is 551. The van der Waals surface area contributed by atoms with Crippen LogP contribution in [0.3, 0.4) is 0 Å². The largest absolute Gasteiger partial charge is 0.346 e. The molecule has 2 rings (SSSR count). The first kappa shape index (κ1) is 28.9. The zero-order chi connectivity index (χ0) is 20.7. The highest BCUT2D eigenvalue weighted by Crippen LogP contribution is 2.21. The predicted molar refractivity (Wildman–Crippen MR) is 123 cm³/mol. The van der Waals surface area contributed by atoms with E-state index in [4.69, 9.17) is 5.73 Å². The molecule has 0 aromatic rings. The van der Waals surface area contributed by atoms with E-state index < -0.39 is 6.04 Å². The number of hydrogen-bond donors (Lipinski definition) is 2. The van der Waals surface area contributed by atoms with Gasteiger partial charge in [-0.1, -0.05) is 33.1 Å². The van der Waals surface area contributed by atoms with Gasteiger partial charge >= 0.3 is 0 Å². The van der Waals surface area contributed by atoms with Crippen LogP contribution in [-0.2, 0) is 14.4 Å². The summed E-state index contributed by atoms with van der Waals surface area (Å²) in [6.45, 7) is 6.63. The zero-order valence-corrected chi connectivity index (χ0v) is 20.1. The van der Waals surface area contributed by atoms with Crippen molar-refractivity contribution < 1.29 is 14.4 Å². The molecule has 3 N–H and O–H groups in total. The third-order valence-electron chi connectivity index (χ3n) is 6.03. The zero-order valence-electron chi connectivity index (χ0n) is 18.5. The molecular formula is C20H39Cl2N5O3. The Hall–Kier alpha value is -1.09. The standard InChI is InChI=1S/C20H37N5O3.2ClH/c1-15(2)19(21)20(28)22-13-17(26)25-11-9-24(10-12-25)14-18(27)23(3)16-7-5-4-6-8-16;;/h15-16,19H,4-14,21H2,1-3H3,(H,22,28);2*1H/t19-;;/m0../s1. The smallest absolute Gasteiger partial charge is 0.242 e. The van der Waals surface area contributed by atoms with Gasteiger partial charge < -0.3 is 20.9 Å². The van der Waals surface area contributed by atoms with E-state index in [-0.39, 0.29) is 55.0 Å². The summed E-state index contributed by atoms with van der Waals surface area (Å²) >= 11 is 0. The SMILES string of the molecule is CC(C)[C@H](N)C(=O)NCC(=O)N1CCN(CC(=O)N(C)C2CCCCC2)CC1.Cl.Cl. The van der Waals surface area contributed by atoms with Crippen LogP contribution in [0.2, 0.25) is 0 Å². The average molecular weight is 468 g/mol. The fraction of sp³-hybridized carbons (Fsp3) is 0.850. The lowest BCUT2D eigenvalue weighted by molar-refractivity contribution is -0.137. The third kappa shape index (κ3) is 8.57. The fourth-order valence-electron chi connectivity index (χ4n) is 3.83. The number of hydrogen-bond acceptors (Lipinski definition) is 5. The average Bonchev–Trinajstić information content (AvgIpc) is 2.71. The summed E-state index contributed by atoms with van der Waals surface area (Å²) in [5, 5.41) is 2.63. The minimum Gasteiger partial charge on any atom is -0.346 e. The molecule has 0 bridgehead atoms. The maximum atomic E-state index is 12.6. The Kier molecular flexibility index (Phi) is 13.6. The van der Waals surface area contributed by atoms with Crippen molar-refractivity contribution in [3.05, 3.63) is 0 Å². The molecular weight excluding hydrogens is 429 g/mol. The summed E-state index contributed by atoms with van der Waals surface area (Å²) in [5.41, 5.74) is 5.79. The molecule has 1 aliphatic heterocycles. The number of rotatable bonds is 7. The first-order chi connectivity index (χ1) is 13.3. The van der Waals surface area contributed by atoms with E-state index in [9.17, 15) is 14.4 Å². The molecule has 0 spiro atoms. The first-order valence-electron chi connectivity index (χ1n) is 10.6. The molecule has 1 atom stereocenters. The molecule has 1 saturated carbocycles. The van der Waals surface area contributed by atoms with Crippen LogP contribution in [0.25, 0.3) is 0 Å². The Morgan fingerprint density at radius 2 is 1.60 bits per heavy atom. The lowest BCUT2D eigenvalue weighted by Crippen LogP contribution is -2.54. The molecule has 0 unspecified atom stereocenters. The van der Waals surface area contributed by atoms with E-state index in [1.165, 1.54) is 19.3 Å². The number of carbonyl (C=O) groups excluding carboxylic acids is 3. The predicted octanol–water partition coefficient (Wildman–Crippen LogP) is 0.865. The molecule has 3 amide bonds. The van der Waals surface area contributed by atoms with Crippen molar-refractivity contribution in [3.8, 4) is 0 Å². The van der Waals surface area contributed by atoms with E-state index in [1.54, 1.807) is 4.90 Å². The first-order valence-corrected chi connectivity index (χ1v) is 10.6. The summed E-state index contributed by atoms with van der Waals surface area (Å²) < 4.78 is 0. The van der Waals surface area contributed by atoms with Gasteiger partial charge in [-0.25, -0.2) is 0 Å². The number of likely N-dealkylation sites (N-methyl/N-ethyl adjacent to an activating group) is 1. The van der Waals surface area contributed by atoms with Gasteiger partial charge in [-0.15, -0.1) is 24.8 Å². The number of carbonyl (C=O) groups is 3. The van der Waals surface area contributed by atoms with Crippen molar-refractivity contribution in [3.63, 3.8) is 0 Å². The maximum absolute atomic E-state index is 12.6. The molecule has 2 fully saturated rings. The Morgan fingerprint density at radius 3 is 2.13 bits per heavy atom. The molecule has 2 aliphatic rings. The van der Waals surface area contributed by atoms with E-state index in [0.717, 1.165) is 12.8 Å². The van der Waals surface area contributed by atoms with Crippen LogP contribution in [0.1, 0.15) is 46.0 Å². The number of nitrogens with one attached hydrogen (secondary N) is 1. The van der Waals surface area contributed by atoms with Gasteiger partial charge in [0, 0.05) is 39.3 Å². The molecule has 1 aliphatic carbocycles. The lowest BCUT2D eigenvalue weighted by Gasteiger charge is -2.37. The maximum Gasteiger partial charge on any atom is 0.242 e. The minimum atomic E-state index is -0.600. The number of nitrogens with zero attached hydrogens (tertiary/aromatic N) is 3. The third-order valence-corrected chi connectivity index (χ3v) is 6.03. The molecule has 1 heterocycles. The van der Waals surface area contributed by atoms with Gasteiger partial charge in [-0.05, 0) is 18.8 Å². The van der Waals surface area contributed by atoms with Crippen LogP contribution < -0.4 is 11.1 Å². The number of piperazine rings is 1. The summed E-state index contributed by atoms with van der Waals surface area (Å²) in [7, 11) is 1.92.